The van der Waals surface area contributed by atoms with E-state index in [9.17, 15) is 4.79 Å². The van der Waals surface area contributed by atoms with Crippen molar-refractivity contribution < 1.29 is 9.53 Å². The van der Waals surface area contributed by atoms with E-state index >= 15 is 0 Å². The number of benzene rings is 2. The number of rotatable bonds is 5. The lowest BCUT2D eigenvalue weighted by atomic mass is 10.1. The number of ether oxygens (including phenoxy) is 1. The Bertz CT molecular complexity index is 896. The normalized spacial score (nSPS) is 10.6. The highest BCUT2D eigenvalue weighted by atomic mass is 32.1. The number of aryl methyl sites for hydroxylation is 4. The second-order valence-corrected chi connectivity index (χ2v) is 7.19. The van der Waals surface area contributed by atoms with Crippen LogP contribution in [0.5, 0.6) is 5.75 Å². The van der Waals surface area contributed by atoms with Gasteiger partial charge in [-0.05, 0) is 51.0 Å². The highest BCUT2D eigenvalue weighted by Crippen LogP contribution is 2.29. The maximum absolute atomic E-state index is 13.0. The molecule has 0 aliphatic rings. The standard InChI is InChI=1S/C21H22N2O2S/c1-14-10-15(2)20(16(3)11-14)25-12-19(24)23(18-8-6-5-7-9-18)21-22-17(4)13-26-21/h5-11,13H,12H2,1-4H3. The van der Waals surface area contributed by atoms with Gasteiger partial charge in [0.25, 0.3) is 5.91 Å². The molecule has 0 aliphatic carbocycles. The van der Waals surface area contributed by atoms with Crippen LogP contribution in [-0.2, 0) is 4.79 Å². The summed E-state index contributed by atoms with van der Waals surface area (Å²) < 4.78 is 5.90. The minimum absolute atomic E-state index is 0.0434. The number of amides is 1. The predicted octanol–water partition coefficient (Wildman–Crippen LogP) is 5.12. The molecule has 0 atom stereocenters. The zero-order chi connectivity index (χ0) is 18.7. The molecule has 0 unspecified atom stereocenters. The maximum Gasteiger partial charge on any atom is 0.271 e. The third-order valence-electron chi connectivity index (χ3n) is 4.01. The molecule has 26 heavy (non-hydrogen) atoms. The number of hydrogen-bond donors (Lipinski definition) is 0. The van der Waals surface area contributed by atoms with Crippen molar-refractivity contribution in [2.24, 2.45) is 0 Å². The highest BCUT2D eigenvalue weighted by molar-refractivity contribution is 7.14. The molecular formula is C21H22N2O2S. The molecule has 4 nitrogen and oxygen atoms in total. The van der Waals surface area contributed by atoms with Gasteiger partial charge in [-0.2, -0.15) is 0 Å². The predicted molar refractivity (Wildman–Crippen MR) is 107 cm³/mol. The van der Waals surface area contributed by atoms with Gasteiger partial charge in [0.2, 0.25) is 0 Å². The Morgan fingerprint density at radius 2 is 1.73 bits per heavy atom. The summed E-state index contributed by atoms with van der Waals surface area (Å²) in [7, 11) is 0. The lowest BCUT2D eigenvalue weighted by Crippen LogP contribution is -2.31. The molecule has 0 N–H and O–H groups in total. The molecule has 0 fully saturated rings. The van der Waals surface area contributed by atoms with Crippen molar-refractivity contribution in [3.05, 3.63) is 70.2 Å². The van der Waals surface area contributed by atoms with Crippen molar-refractivity contribution in [3.63, 3.8) is 0 Å². The lowest BCUT2D eigenvalue weighted by molar-refractivity contribution is -0.119. The SMILES string of the molecule is Cc1cc(C)c(OCC(=O)N(c2ccccc2)c2nc(C)cs2)c(C)c1. The molecule has 1 aromatic heterocycles. The van der Waals surface area contributed by atoms with Gasteiger partial charge in [0.15, 0.2) is 11.7 Å². The van der Waals surface area contributed by atoms with Crippen molar-refractivity contribution in [1.82, 2.24) is 4.98 Å². The fourth-order valence-corrected chi connectivity index (χ4v) is 3.81. The van der Waals surface area contributed by atoms with Gasteiger partial charge in [0.1, 0.15) is 5.75 Å². The Morgan fingerprint density at radius 3 is 2.31 bits per heavy atom. The first-order valence-corrected chi connectivity index (χ1v) is 9.34. The summed E-state index contributed by atoms with van der Waals surface area (Å²) in [5.74, 6) is 0.622. The average molecular weight is 366 g/mol. The maximum atomic E-state index is 13.0. The Balaban J connectivity index is 1.85. The molecule has 0 spiro atoms. The van der Waals surface area contributed by atoms with E-state index in [0.29, 0.717) is 5.13 Å². The molecule has 0 saturated carbocycles. The van der Waals surface area contributed by atoms with E-state index in [-0.39, 0.29) is 12.5 Å². The van der Waals surface area contributed by atoms with Crippen molar-refractivity contribution in [3.8, 4) is 5.75 Å². The lowest BCUT2D eigenvalue weighted by Gasteiger charge is -2.21. The Morgan fingerprint density at radius 1 is 1.08 bits per heavy atom. The summed E-state index contributed by atoms with van der Waals surface area (Å²) in [6, 6.07) is 13.7. The topological polar surface area (TPSA) is 42.4 Å². The van der Waals surface area contributed by atoms with Crippen LogP contribution in [0.3, 0.4) is 0 Å². The molecule has 0 radical (unpaired) electrons. The van der Waals surface area contributed by atoms with E-state index in [4.69, 9.17) is 4.74 Å². The number of carbonyl (C=O) groups excluding carboxylic acids is 1. The molecule has 2 aromatic carbocycles. The van der Waals surface area contributed by atoms with Crippen LogP contribution in [0, 0.1) is 27.7 Å². The molecule has 1 amide bonds. The average Bonchev–Trinajstić information content (AvgIpc) is 3.01. The molecule has 3 rings (SSSR count). The summed E-state index contributed by atoms with van der Waals surface area (Å²) in [6.45, 7) is 7.93. The monoisotopic (exact) mass is 366 g/mol. The molecule has 0 aliphatic heterocycles. The fourth-order valence-electron chi connectivity index (χ4n) is 2.98. The minimum atomic E-state index is -0.148. The van der Waals surface area contributed by atoms with Crippen molar-refractivity contribution in [2.45, 2.75) is 27.7 Å². The number of carbonyl (C=O) groups is 1. The minimum Gasteiger partial charge on any atom is -0.483 e. The zero-order valence-corrected chi connectivity index (χ0v) is 16.3. The van der Waals surface area contributed by atoms with Gasteiger partial charge in [-0.25, -0.2) is 4.98 Å². The Labute approximate surface area is 158 Å². The van der Waals surface area contributed by atoms with Crippen molar-refractivity contribution >= 4 is 28.1 Å². The summed E-state index contributed by atoms with van der Waals surface area (Å²) in [6.07, 6.45) is 0. The van der Waals surface area contributed by atoms with Gasteiger partial charge in [-0.1, -0.05) is 35.9 Å². The molecule has 1 heterocycles. The third-order valence-corrected chi connectivity index (χ3v) is 4.95. The second kappa shape index (κ2) is 7.70. The summed E-state index contributed by atoms with van der Waals surface area (Å²) >= 11 is 1.45. The number of aromatic nitrogens is 1. The summed E-state index contributed by atoms with van der Waals surface area (Å²) in [4.78, 5) is 19.1. The molecule has 0 saturated heterocycles. The first-order valence-electron chi connectivity index (χ1n) is 8.46. The van der Waals surface area contributed by atoms with Crippen LogP contribution in [0.25, 0.3) is 0 Å². The van der Waals surface area contributed by atoms with Crippen LogP contribution in [0.1, 0.15) is 22.4 Å². The van der Waals surface area contributed by atoms with E-state index in [0.717, 1.165) is 28.3 Å². The summed E-state index contributed by atoms with van der Waals surface area (Å²) in [5.41, 5.74) is 4.93. The number of para-hydroxylation sites is 1. The first kappa shape index (κ1) is 18.1. The van der Waals surface area contributed by atoms with Crippen LogP contribution in [-0.4, -0.2) is 17.5 Å². The van der Waals surface area contributed by atoms with Gasteiger partial charge >= 0.3 is 0 Å². The number of anilines is 2. The van der Waals surface area contributed by atoms with E-state index in [1.807, 2.05) is 56.5 Å². The van der Waals surface area contributed by atoms with Gasteiger partial charge in [0, 0.05) is 5.38 Å². The molecule has 3 aromatic rings. The largest absolute Gasteiger partial charge is 0.483 e. The fraction of sp³-hybridized carbons (Fsp3) is 0.238. The van der Waals surface area contributed by atoms with E-state index in [1.165, 1.54) is 16.9 Å². The smallest absolute Gasteiger partial charge is 0.271 e. The van der Waals surface area contributed by atoms with Crippen molar-refractivity contribution in [1.29, 1.82) is 0 Å². The van der Waals surface area contributed by atoms with Gasteiger partial charge < -0.3 is 4.74 Å². The van der Waals surface area contributed by atoms with Crippen LogP contribution >= 0.6 is 11.3 Å². The van der Waals surface area contributed by atoms with Gasteiger partial charge in [0.05, 0.1) is 11.4 Å². The Kier molecular flexibility index (Phi) is 5.38. The highest BCUT2D eigenvalue weighted by Gasteiger charge is 2.22. The molecule has 0 bridgehead atoms. The van der Waals surface area contributed by atoms with Crippen LogP contribution < -0.4 is 9.64 Å². The van der Waals surface area contributed by atoms with Gasteiger partial charge in [-0.15, -0.1) is 11.3 Å². The molecular weight excluding hydrogens is 344 g/mol. The van der Waals surface area contributed by atoms with Crippen molar-refractivity contribution in [2.75, 3.05) is 11.5 Å². The van der Waals surface area contributed by atoms with Crippen LogP contribution in [0.4, 0.5) is 10.8 Å². The quantitative estimate of drug-likeness (QED) is 0.629. The van der Waals surface area contributed by atoms with Crippen LogP contribution in [0.15, 0.2) is 47.8 Å². The second-order valence-electron chi connectivity index (χ2n) is 6.35. The number of hydrogen-bond acceptors (Lipinski definition) is 4. The summed E-state index contributed by atoms with van der Waals surface area (Å²) in [5, 5.41) is 2.59. The Hall–Kier alpha value is -2.66. The zero-order valence-electron chi connectivity index (χ0n) is 15.4. The van der Waals surface area contributed by atoms with Crippen LogP contribution in [0.2, 0.25) is 0 Å². The molecule has 5 heteroatoms. The number of thiazole rings is 1. The number of nitrogens with zero attached hydrogens (tertiary/aromatic N) is 2. The van der Waals surface area contributed by atoms with E-state index < -0.39 is 0 Å². The third kappa shape index (κ3) is 3.94. The molecule has 134 valence electrons. The van der Waals surface area contributed by atoms with E-state index in [2.05, 4.69) is 24.0 Å². The van der Waals surface area contributed by atoms with Gasteiger partial charge in [-0.3, -0.25) is 9.69 Å². The first-order chi connectivity index (χ1) is 12.5. The van der Waals surface area contributed by atoms with E-state index in [1.54, 1.807) is 4.90 Å².